The molecule has 3 N–H and O–H groups in total. The van der Waals surface area contributed by atoms with E-state index >= 15 is 0 Å². The van der Waals surface area contributed by atoms with Gasteiger partial charge < -0.3 is 15.4 Å². The molecule has 6 nitrogen and oxygen atoms in total. The zero-order valence-electron chi connectivity index (χ0n) is 13.1. The van der Waals surface area contributed by atoms with Gasteiger partial charge in [0.2, 0.25) is 5.91 Å². The first kappa shape index (κ1) is 15.3. The number of anilines is 1. The number of aromatic amines is 1. The monoisotopic (exact) mass is 306 g/mol. The predicted molar refractivity (Wildman–Crippen MR) is 84.3 cm³/mol. The number of nitrogens with one attached hydrogen (secondary N) is 1. The van der Waals surface area contributed by atoms with Crippen molar-refractivity contribution in [2.45, 2.75) is 44.4 Å². The summed E-state index contributed by atoms with van der Waals surface area (Å²) in [4.78, 5) is 14.3. The molecule has 1 unspecified atom stereocenters. The van der Waals surface area contributed by atoms with Crippen molar-refractivity contribution in [1.82, 2.24) is 15.1 Å². The number of hydrogen-bond acceptors (Lipinski definition) is 4. The number of carbonyl (C=O) groups excluding carboxylic acids is 1. The van der Waals surface area contributed by atoms with Crippen LogP contribution in [0.2, 0.25) is 0 Å². The quantitative estimate of drug-likeness (QED) is 0.870. The summed E-state index contributed by atoms with van der Waals surface area (Å²) < 4.78 is 5.37. The Labute approximate surface area is 131 Å². The number of hydrogen-bond donors (Lipinski definition) is 2. The molecule has 6 heteroatoms. The molecule has 3 rings (SSSR count). The van der Waals surface area contributed by atoms with Gasteiger partial charge in [0.05, 0.1) is 17.6 Å². The van der Waals surface area contributed by atoms with Gasteiger partial charge in [0.15, 0.2) is 0 Å². The van der Waals surface area contributed by atoms with Crippen LogP contribution >= 0.6 is 0 Å². The van der Waals surface area contributed by atoms with Crippen LogP contribution in [-0.4, -0.2) is 47.3 Å². The SMILES string of the molecule is Nc1cn[nH]c1C1CCN(C(=O)CCCC2CCOCC2)C1. The molecule has 3 heterocycles. The first-order valence-corrected chi connectivity index (χ1v) is 8.38. The van der Waals surface area contributed by atoms with Crippen molar-refractivity contribution in [3.63, 3.8) is 0 Å². The molecule has 2 saturated heterocycles. The van der Waals surface area contributed by atoms with Crippen LogP contribution in [0, 0.1) is 5.92 Å². The Balaban J connectivity index is 1.40. The molecule has 2 aliphatic rings. The molecule has 122 valence electrons. The molecule has 0 saturated carbocycles. The van der Waals surface area contributed by atoms with Gasteiger partial charge in [-0.3, -0.25) is 9.89 Å². The van der Waals surface area contributed by atoms with Gasteiger partial charge in [0.1, 0.15) is 0 Å². The van der Waals surface area contributed by atoms with E-state index in [1.165, 1.54) is 0 Å². The Morgan fingerprint density at radius 1 is 1.41 bits per heavy atom. The van der Waals surface area contributed by atoms with E-state index in [-0.39, 0.29) is 5.91 Å². The van der Waals surface area contributed by atoms with Crippen molar-refractivity contribution < 1.29 is 9.53 Å². The number of ether oxygens (including phenoxy) is 1. The number of carbonyl (C=O) groups is 1. The molecular weight excluding hydrogens is 280 g/mol. The Bertz CT molecular complexity index is 496. The molecule has 22 heavy (non-hydrogen) atoms. The van der Waals surface area contributed by atoms with E-state index in [0.717, 1.165) is 70.0 Å². The molecule has 2 fully saturated rings. The molecule has 1 aromatic heterocycles. The molecular formula is C16H26N4O2. The summed E-state index contributed by atoms with van der Waals surface area (Å²) in [6, 6.07) is 0. The summed E-state index contributed by atoms with van der Waals surface area (Å²) in [7, 11) is 0. The summed E-state index contributed by atoms with van der Waals surface area (Å²) in [5.74, 6) is 1.34. The number of nitrogens with two attached hydrogens (primary N) is 1. The average Bonchev–Trinajstić information content (AvgIpc) is 3.17. The molecule has 0 aromatic carbocycles. The summed E-state index contributed by atoms with van der Waals surface area (Å²) in [6.45, 7) is 3.37. The van der Waals surface area contributed by atoms with Gasteiger partial charge in [-0.05, 0) is 38.0 Å². The lowest BCUT2D eigenvalue weighted by Gasteiger charge is -2.22. The Hall–Kier alpha value is -1.56. The van der Waals surface area contributed by atoms with Crippen molar-refractivity contribution in [3.8, 4) is 0 Å². The third-order valence-electron chi connectivity index (χ3n) is 4.99. The first-order valence-electron chi connectivity index (χ1n) is 8.38. The minimum Gasteiger partial charge on any atom is -0.396 e. The molecule has 1 aromatic rings. The van der Waals surface area contributed by atoms with Gasteiger partial charge in [0.25, 0.3) is 0 Å². The number of aromatic nitrogens is 2. The lowest BCUT2D eigenvalue weighted by molar-refractivity contribution is -0.130. The highest BCUT2D eigenvalue weighted by Crippen LogP contribution is 2.29. The number of H-pyrrole nitrogens is 1. The van der Waals surface area contributed by atoms with Crippen LogP contribution in [0.25, 0.3) is 0 Å². The van der Waals surface area contributed by atoms with Gasteiger partial charge in [-0.2, -0.15) is 5.10 Å². The zero-order valence-corrected chi connectivity index (χ0v) is 13.1. The standard InChI is InChI=1S/C16H26N4O2/c17-14-10-18-19-16(14)13-4-7-20(11-13)15(21)3-1-2-12-5-8-22-9-6-12/h10,12-13H,1-9,11,17H2,(H,18,19). The van der Waals surface area contributed by atoms with Crippen LogP contribution < -0.4 is 5.73 Å². The maximum atomic E-state index is 12.3. The van der Waals surface area contributed by atoms with Gasteiger partial charge in [-0.25, -0.2) is 0 Å². The topological polar surface area (TPSA) is 84.2 Å². The second-order valence-electron chi connectivity index (χ2n) is 6.51. The van der Waals surface area contributed by atoms with Crippen molar-refractivity contribution >= 4 is 11.6 Å². The Morgan fingerprint density at radius 3 is 2.95 bits per heavy atom. The van der Waals surface area contributed by atoms with Crippen molar-refractivity contribution in [2.24, 2.45) is 5.92 Å². The first-order chi connectivity index (χ1) is 10.7. The fraction of sp³-hybridized carbons (Fsp3) is 0.750. The maximum absolute atomic E-state index is 12.3. The Kier molecular flexibility index (Phi) is 4.97. The fourth-order valence-corrected chi connectivity index (χ4v) is 3.59. The second kappa shape index (κ2) is 7.13. The summed E-state index contributed by atoms with van der Waals surface area (Å²) >= 11 is 0. The van der Waals surface area contributed by atoms with Gasteiger partial charge in [-0.1, -0.05) is 0 Å². The van der Waals surface area contributed by atoms with E-state index in [4.69, 9.17) is 10.5 Å². The number of likely N-dealkylation sites (tertiary alicyclic amines) is 1. The van der Waals surface area contributed by atoms with Crippen molar-refractivity contribution in [3.05, 3.63) is 11.9 Å². The number of nitrogen functional groups attached to an aromatic ring is 1. The number of rotatable bonds is 5. The number of nitrogens with zero attached hydrogens (tertiary/aromatic N) is 2. The smallest absolute Gasteiger partial charge is 0.222 e. The van der Waals surface area contributed by atoms with Gasteiger partial charge in [0, 0.05) is 38.6 Å². The van der Waals surface area contributed by atoms with Crippen LogP contribution in [-0.2, 0) is 9.53 Å². The molecule has 0 radical (unpaired) electrons. The molecule has 0 aliphatic carbocycles. The zero-order chi connectivity index (χ0) is 15.4. The van der Waals surface area contributed by atoms with Crippen LogP contribution in [0.1, 0.15) is 50.1 Å². The normalized spacial score (nSPS) is 23.1. The van der Waals surface area contributed by atoms with Crippen molar-refractivity contribution in [1.29, 1.82) is 0 Å². The fourth-order valence-electron chi connectivity index (χ4n) is 3.59. The largest absolute Gasteiger partial charge is 0.396 e. The number of amides is 1. The molecule has 1 amide bonds. The summed E-state index contributed by atoms with van der Waals surface area (Å²) in [6.07, 6.45) is 7.74. The molecule has 0 bridgehead atoms. The molecule has 2 aliphatic heterocycles. The molecule has 1 atom stereocenters. The van der Waals surface area contributed by atoms with Crippen LogP contribution in [0.4, 0.5) is 5.69 Å². The lowest BCUT2D eigenvalue weighted by Crippen LogP contribution is -2.28. The van der Waals surface area contributed by atoms with Gasteiger partial charge in [-0.15, -0.1) is 0 Å². The third-order valence-corrected chi connectivity index (χ3v) is 4.99. The van der Waals surface area contributed by atoms with Crippen LogP contribution in [0.5, 0.6) is 0 Å². The Morgan fingerprint density at radius 2 is 2.23 bits per heavy atom. The van der Waals surface area contributed by atoms with E-state index < -0.39 is 0 Å². The highest BCUT2D eigenvalue weighted by atomic mass is 16.5. The highest BCUT2D eigenvalue weighted by molar-refractivity contribution is 5.76. The van der Waals surface area contributed by atoms with E-state index in [1.54, 1.807) is 6.20 Å². The van der Waals surface area contributed by atoms with Gasteiger partial charge >= 0.3 is 0 Å². The predicted octanol–water partition coefficient (Wildman–Crippen LogP) is 1.90. The lowest BCUT2D eigenvalue weighted by atomic mass is 9.94. The van der Waals surface area contributed by atoms with E-state index in [1.807, 2.05) is 4.90 Å². The van der Waals surface area contributed by atoms with Crippen LogP contribution in [0.3, 0.4) is 0 Å². The average molecular weight is 306 g/mol. The second-order valence-corrected chi connectivity index (χ2v) is 6.51. The van der Waals surface area contributed by atoms with E-state index in [9.17, 15) is 4.79 Å². The highest BCUT2D eigenvalue weighted by Gasteiger charge is 2.29. The maximum Gasteiger partial charge on any atom is 0.222 e. The van der Waals surface area contributed by atoms with E-state index in [0.29, 0.717) is 18.0 Å². The van der Waals surface area contributed by atoms with E-state index in [2.05, 4.69) is 10.2 Å². The summed E-state index contributed by atoms with van der Waals surface area (Å²) in [5.41, 5.74) is 7.59. The third kappa shape index (κ3) is 3.61. The summed E-state index contributed by atoms with van der Waals surface area (Å²) in [5, 5.41) is 6.94. The minimum absolute atomic E-state index is 0.285. The van der Waals surface area contributed by atoms with Crippen LogP contribution in [0.15, 0.2) is 6.20 Å². The van der Waals surface area contributed by atoms with Crippen molar-refractivity contribution in [2.75, 3.05) is 32.0 Å². The minimum atomic E-state index is 0.285. The molecule has 0 spiro atoms.